The van der Waals surface area contributed by atoms with Crippen LogP contribution >= 0.6 is 0 Å². The molecule has 3 heteroatoms. The molecule has 0 fully saturated rings. The van der Waals surface area contributed by atoms with Gasteiger partial charge in [-0.15, -0.1) is 0 Å². The highest BCUT2D eigenvalue weighted by Gasteiger charge is 2.04. The second-order valence-corrected chi connectivity index (χ2v) is 3.58. The molecule has 0 aromatic heterocycles. The molecule has 1 aromatic rings. The second kappa shape index (κ2) is 6.77. The highest BCUT2D eigenvalue weighted by molar-refractivity contribution is 5.98. The fourth-order valence-electron chi connectivity index (χ4n) is 1.24. The first-order valence-corrected chi connectivity index (χ1v) is 5.47. The summed E-state index contributed by atoms with van der Waals surface area (Å²) >= 11 is 0. The summed E-state index contributed by atoms with van der Waals surface area (Å²) in [4.78, 5) is 15.6. The second-order valence-electron chi connectivity index (χ2n) is 3.58. The molecular formula is C13H17NO2. The number of aliphatic imine (C=N–C) groups is 1. The summed E-state index contributed by atoms with van der Waals surface area (Å²) in [6.45, 7) is 4.29. The lowest BCUT2D eigenvalue weighted by Crippen LogP contribution is -2.09. The average Bonchev–Trinajstić information content (AvgIpc) is 2.27. The number of carbonyl (C=O) groups excluding carboxylic acids is 1. The third-order valence-electron chi connectivity index (χ3n) is 1.94. The molecule has 0 aliphatic heterocycles. The van der Waals surface area contributed by atoms with Crippen LogP contribution in [0.2, 0.25) is 0 Å². The molecule has 0 saturated heterocycles. The zero-order chi connectivity index (χ0) is 11.8. The van der Waals surface area contributed by atoms with Crippen molar-refractivity contribution in [2.24, 2.45) is 4.99 Å². The summed E-state index contributed by atoms with van der Waals surface area (Å²) in [6, 6.07) is 9.58. The van der Waals surface area contributed by atoms with Crippen LogP contribution in [0.5, 0.6) is 0 Å². The van der Waals surface area contributed by atoms with Crippen LogP contribution < -0.4 is 0 Å². The maximum Gasteiger partial charge on any atom is 0.311 e. The third-order valence-corrected chi connectivity index (χ3v) is 1.94. The first kappa shape index (κ1) is 12.4. The first-order chi connectivity index (χ1) is 7.72. The molecule has 0 unspecified atom stereocenters. The van der Waals surface area contributed by atoms with Crippen LogP contribution in [0.15, 0.2) is 35.3 Å². The van der Waals surface area contributed by atoms with Crippen molar-refractivity contribution >= 4 is 17.4 Å². The number of hydrogen-bond donors (Lipinski definition) is 0. The molecule has 1 rings (SSSR count). The number of nitrogens with zero attached hydrogens (tertiary/aromatic N) is 1. The standard InChI is InChI=1S/C13H17NO2/c1-3-9-16-13(15)10-11(2)14-12-7-5-4-6-8-12/h4-8H,3,9-10H2,1-2H3. The van der Waals surface area contributed by atoms with Crippen LogP contribution in [0.3, 0.4) is 0 Å². The van der Waals surface area contributed by atoms with E-state index in [4.69, 9.17) is 4.74 Å². The van der Waals surface area contributed by atoms with E-state index >= 15 is 0 Å². The van der Waals surface area contributed by atoms with Crippen molar-refractivity contribution in [3.8, 4) is 0 Å². The number of para-hydroxylation sites is 1. The van der Waals surface area contributed by atoms with E-state index in [1.165, 1.54) is 0 Å². The molecule has 0 aliphatic rings. The van der Waals surface area contributed by atoms with Crippen molar-refractivity contribution in [1.29, 1.82) is 0 Å². The van der Waals surface area contributed by atoms with E-state index < -0.39 is 0 Å². The molecule has 0 spiro atoms. The lowest BCUT2D eigenvalue weighted by molar-refractivity contribution is -0.142. The highest BCUT2D eigenvalue weighted by atomic mass is 16.5. The Hall–Kier alpha value is -1.64. The van der Waals surface area contributed by atoms with Gasteiger partial charge < -0.3 is 4.74 Å². The Balaban J connectivity index is 2.49. The molecule has 0 N–H and O–H groups in total. The highest BCUT2D eigenvalue weighted by Crippen LogP contribution is 2.10. The summed E-state index contributed by atoms with van der Waals surface area (Å²) in [7, 11) is 0. The van der Waals surface area contributed by atoms with Crippen molar-refractivity contribution in [3.63, 3.8) is 0 Å². The zero-order valence-electron chi connectivity index (χ0n) is 9.77. The Bertz CT molecular complexity index is 357. The minimum absolute atomic E-state index is 0.209. The van der Waals surface area contributed by atoms with Gasteiger partial charge in [0.15, 0.2) is 0 Å². The van der Waals surface area contributed by atoms with Crippen molar-refractivity contribution in [3.05, 3.63) is 30.3 Å². The van der Waals surface area contributed by atoms with Gasteiger partial charge in [0.25, 0.3) is 0 Å². The molecule has 86 valence electrons. The van der Waals surface area contributed by atoms with E-state index in [2.05, 4.69) is 4.99 Å². The van der Waals surface area contributed by atoms with Crippen LogP contribution in [0.4, 0.5) is 5.69 Å². The molecule has 0 amide bonds. The van der Waals surface area contributed by atoms with Crippen LogP contribution in [0, 0.1) is 0 Å². The van der Waals surface area contributed by atoms with Gasteiger partial charge in [-0.05, 0) is 25.5 Å². The summed E-state index contributed by atoms with van der Waals surface area (Å²) in [5.74, 6) is -0.209. The Morgan fingerprint density at radius 2 is 2.00 bits per heavy atom. The lowest BCUT2D eigenvalue weighted by atomic mass is 10.3. The van der Waals surface area contributed by atoms with E-state index in [-0.39, 0.29) is 12.4 Å². The predicted octanol–water partition coefficient (Wildman–Crippen LogP) is 3.12. The van der Waals surface area contributed by atoms with Gasteiger partial charge in [-0.2, -0.15) is 0 Å². The van der Waals surface area contributed by atoms with Crippen molar-refractivity contribution in [2.75, 3.05) is 6.61 Å². The molecule has 3 nitrogen and oxygen atoms in total. The number of carbonyl (C=O) groups is 1. The number of benzene rings is 1. The monoisotopic (exact) mass is 219 g/mol. The van der Waals surface area contributed by atoms with E-state index in [1.807, 2.05) is 44.2 Å². The minimum atomic E-state index is -0.209. The average molecular weight is 219 g/mol. The quantitative estimate of drug-likeness (QED) is 0.563. The number of ether oxygens (including phenoxy) is 1. The van der Waals surface area contributed by atoms with E-state index in [1.54, 1.807) is 0 Å². The lowest BCUT2D eigenvalue weighted by Gasteiger charge is -2.02. The van der Waals surface area contributed by atoms with Gasteiger partial charge in [-0.25, -0.2) is 0 Å². The van der Waals surface area contributed by atoms with Gasteiger partial charge in [0.1, 0.15) is 0 Å². The summed E-state index contributed by atoms with van der Waals surface area (Å²) in [5.41, 5.74) is 1.63. The third kappa shape index (κ3) is 4.73. The first-order valence-electron chi connectivity index (χ1n) is 5.47. The Kier molecular flexibility index (Phi) is 5.26. The number of esters is 1. The fraction of sp³-hybridized carbons (Fsp3) is 0.385. The molecule has 0 atom stereocenters. The maximum absolute atomic E-state index is 11.3. The molecule has 0 aliphatic carbocycles. The van der Waals surface area contributed by atoms with Crippen LogP contribution in [0.1, 0.15) is 26.7 Å². The summed E-state index contributed by atoms with van der Waals surface area (Å²) in [5, 5.41) is 0. The van der Waals surface area contributed by atoms with E-state index in [0.717, 1.165) is 17.8 Å². The molecule has 0 bridgehead atoms. The zero-order valence-corrected chi connectivity index (χ0v) is 9.77. The van der Waals surface area contributed by atoms with Gasteiger partial charge in [0.2, 0.25) is 0 Å². The summed E-state index contributed by atoms with van der Waals surface area (Å²) in [6.07, 6.45) is 1.11. The largest absolute Gasteiger partial charge is 0.465 e. The van der Waals surface area contributed by atoms with Crippen molar-refractivity contribution in [2.45, 2.75) is 26.7 Å². The fourth-order valence-corrected chi connectivity index (χ4v) is 1.24. The minimum Gasteiger partial charge on any atom is -0.465 e. The smallest absolute Gasteiger partial charge is 0.311 e. The van der Waals surface area contributed by atoms with Gasteiger partial charge in [0.05, 0.1) is 18.7 Å². The molecule has 0 heterocycles. The van der Waals surface area contributed by atoms with Gasteiger partial charge in [0, 0.05) is 5.71 Å². The molecule has 16 heavy (non-hydrogen) atoms. The number of rotatable bonds is 5. The molecule has 0 saturated carbocycles. The van der Waals surface area contributed by atoms with E-state index in [0.29, 0.717) is 6.61 Å². The van der Waals surface area contributed by atoms with Gasteiger partial charge in [-0.3, -0.25) is 9.79 Å². The van der Waals surface area contributed by atoms with Crippen LogP contribution in [-0.2, 0) is 9.53 Å². The Morgan fingerprint density at radius 1 is 1.31 bits per heavy atom. The van der Waals surface area contributed by atoms with Gasteiger partial charge in [-0.1, -0.05) is 25.1 Å². The van der Waals surface area contributed by atoms with Crippen molar-refractivity contribution in [1.82, 2.24) is 0 Å². The maximum atomic E-state index is 11.3. The molecule has 0 radical (unpaired) electrons. The van der Waals surface area contributed by atoms with Crippen LogP contribution in [0.25, 0.3) is 0 Å². The SMILES string of the molecule is CCCOC(=O)CC(C)=Nc1ccccc1. The Labute approximate surface area is 96.2 Å². The van der Waals surface area contributed by atoms with Gasteiger partial charge >= 0.3 is 5.97 Å². The molecule has 1 aromatic carbocycles. The predicted molar refractivity (Wildman–Crippen MR) is 65.1 cm³/mol. The van der Waals surface area contributed by atoms with Crippen LogP contribution in [-0.4, -0.2) is 18.3 Å². The topological polar surface area (TPSA) is 38.7 Å². The van der Waals surface area contributed by atoms with E-state index in [9.17, 15) is 4.79 Å². The van der Waals surface area contributed by atoms with Crippen molar-refractivity contribution < 1.29 is 9.53 Å². The normalized spacial score (nSPS) is 11.2. The molecular weight excluding hydrogens is 202 g/mol. The Morgan fingerprint density at radius 3 is 2.62 bits per heavy atom. The number of hydrogen-bond acceptors (Lipinski definition) is 3. The summed E-state index contributed by atoms with van der Waals surface area (Å²) < 4.78 is 4.98.